The Hall–Kier alpha value is -2.78. The fourth-order valence-electron chi connectivity index (χ4n) is 1.82. The van der Waals surface area contributed by atoms with Crippen molar-refractivity contribution in [2.45, 2.75) is 12.4 Å². The Kier molecular flexibility index (Phi) is 5.19. The molecule has 1 aromatic heterocycles. The van der Waals surface area contributed by atoms with Gasteiger partial charge in [-0.15, -0.1) is 0 Å². The van der Waals surface area contributed by atoms with E-state index in [2.05, 4.69) is 4.98 Å². The van der Waals surface area contributed by atoms with Gasteiger partial charge in [0.15, 0.2) is 6.61 Å². The predicted octanol–water partition coefficient (Wildman–Crippen LogP) is 4.14. The predicted molar refractivity (Wildman–Crippen MR) is 74.8 cm³/mol. The van der Waals surface area contributed by atoms with E-state index in [1.165, 1.54) is 6.07 Å². The van der Waals surface area contributed by atoms with Crippen molar-refractivity contribution >= 4 is 11.7 Å². The van der Waals surface area contributed by atoms with Crippen LogP contribution >= 0.6 is 0 Å². The van der Waals surface area contributed by atoms with Gasteiger partial charge < -0.3 is 10.1 Å². The van der Waals surface area contributed by atoms with E-state index in [1.54, 1.807) is 0 Å². The molecule has 1 N–H and O–H groups in total. The van der Waals surface area contributed by atoms with Crippen molar-refractivity contribution in [3.8, 4) is 5.75 Å². The van der Waals surface area contributed by atoms with Crippen LogP contribution in [0.2, 0.25) is 0 Å². The number of carbonyl (C=O) groups excluding carboxylic acids is 1. The molecule has 4 nitrogen and oxygen atoms in total. The lowest BCUT2D eigenvalue weighted by atomic mass is 10.2. The molecule has 2 aromatic rings. The molecule has 0 unspecified atom stereocenters. The number of aromatic nitrogens is 1. The first-order valence-corrected chi connectivity index (χ1v) is 6.69. The fourth-order valence-corrected chi connectivity index (χ4v) is 1.82. The van der Waals surface area contributed by atoms with Crippen LogP contribution < -0.4 is 10.1 Å². The molecule has 0 radical (unpaired) electrons. The van der Waals surface area contributed by atoms with E-state index in [9.17, 15) is 31.1 Å². The number of pyridine rings is 1. The number of hydrogen-bond acceptors (Lipinski definition) is 3. The minimum Gasteiger partial charge on any atom is -0.483 e. The molecule has 0 aliphatic heterocycles. The summed E-state index contributed by atoms with van der Waals surface area (Å²) in [5.74, 6) is -1.92. The summed E-state index contributed by atoms with van der Waals surface area (Å²) in [6.07, 6.45) is -8.45. The van der Waals surface area contributed by atoms with Crippen molar-refractivity contribution in [2.75, 3.05) is 11.9 Å². The number of hydrogen-bond donors (Lipinski definition) is 1. The number of halogens is 6. The van der Waals surface area contributed by atoms with Crippen molar-refractivity contribution in [1.82, 2.24) is 4.98 Å². The van der Waals surface area contributed by atoms with E-state index in [4.69, 9.17) is 4.74 Å². The van der Waals surface area contributed by atoms with Crippen LogP contribution in [0, 0.1) is 0 Å². The molecule has 0 saturated carbocycles. The maximum absolute atomic E-state index is 12.8. The third kappa shape index (κ3) is 5.10. The molecule has 0 saturated heterocycles. The van der Waals surface area contributed by atoms with Gasteiger partial charge in [0.05, 0.1) is 11.1 Å². The van der Waals surface area contributed by atoms with Crippen LogP contribution in [-0.2, 0) is 17.1 Å². The molecule has 0 fully saturated rings. The lowest BCUT2D eigenvalue weighted by Crippen LogP contribution is -2.22. The van der Waals surface area contributed by atoms with E-state index >= 15 is 0 Å². The molecule has 134 valence electrons. The maximum atomic E-state index is 12.8. The van der Waals surface area contributed by atoms with Gasteiger partial charge in [-0.2, -0.15) is 26.3 Å². The summed E-state index contributed by atoms with van der Waals surface area (Å²) >= 11 is 0. The van der Waals surface area contributed by atoms with Gasteiger partial charge in [0, 0.05) is 6.20 Å². The standard InChI is InChI=1S/C15H10F6N2O2/c16-14(17,18)9-5-6-22-12(7-9)23-13(24)8-25-11-4-2-1-3-10(11)15(19,20)21/h1-7H,8H2,(H,22,23,24). The van der Waals surface area contributed by atoms with Crippen LogP contribution in [0.3, 0.4) is 0 Å². The molecule has 1 amide bonds. The lowest BCUT2D eigenvalue weighted by molar-refractivity contribution is -0.139. The fraction of sp³-hybridized carbons (Fsp3) is 0.200. The van der Waals surface area contributed by atoms with Gasteiger partial charge in [0.1, 0.15) is 11.6 Å². The molecule has 1 aromatic carbocycles. The normalized spacial score (nSPS) is 11.9. The average Bonchev–Trinajstić information content (AvgIpc) is 2.52. The van der Waals surface area contributed by atoms with Crippen LogP contribution in [0.15, 0.2) is 42.6 Å². The Morgan fingerprint density at radius 2 is 1.72 bits per heavy atom. The number of nitrogens with zero attached hydrogens (tertiary/aromatic N) is 1. The van der Waals surface area contributed by atoms with Crippen molar-refractivity contribution in [3.05, 3.63) is 53.7 Å². The molecule has 1 heterocycles. The van der Waals surface area contributed by atoms with Crippen molar-refractivity contribution < 1.29 is 35.9 Å². The summed E-state index contributed by atoms with van der Waals surface area (Å²) in [7, 11) is 0. The van der Waals surface area contributed by atoms with E-state index < -0.39 is 47.6 Å². The topological polar surface area (TPSA) is 51.2 Å². The summed E-state index contributed by atoms with van der Waals surface area (Å²) < 4.78 is 80.8. The minimum atomic E-state index is -4.67. The highest BCUT2D eigenvalue weighted by Gasteiger charge is 2.34. The summed E-state index contributed by atoms with van der Waals surface area (Å²) in [6.45, 7) is -0.828. The second kappa shape index (κ2) is 6.99. The Balaban J connectivity index is 2.03. The number of benzene rings is 1. The summed E-state index contributed by atoms with van der Waals surface area (Å²) in [6, 6.07) is 5.56. The van der Waals surface area contributed by atoms with Crippen LogP contribution in [0.25, 0.3) is 0 Å². The smallest absolute Gasteiger partial charge is 0.419 e. The number of carbonyl (C=O) groups is 1. The number of rotatable bonds is 4. The zero-order valence-electron chi connectivity index (χ0n) is 12.3. The minimum absolute atomic E-state index is 0.396. The molecular weight excluding hydrogens is 354 g/mol. The van der Waals surface area contributed by atoms with Gasteiger partial charge in [0.25, 0.3) is 5.91 Å². The molecule has 0 atom stereocenters. The number of anilines is 1. The van der Waals surface area contributed by atoms with Gasteiger partial charge in [0.2, 0.25) is 0 Å². The van der Waals surface area contributed by atoms with Gasteiger partial charge in [-0.25, -0.2) is 4.98 Å². The van der Waals surface area contributed by atoms with Crippen LogP contribution in [0.4, 0.5) is 32.2 Å². The largest absolute Gasteiger partial charge is 0.483 e. The number of para-hydroxylation sites is 1. The average molecular weight is 364 g/mol. The zero-order chi connectivity index (χ0) is 18.7. The van der Waals surface area contributed by atoms with E-state index in [0.29, 0.717) is 12.1 Å². The summed E-state index contributed by atoms with van der Waals surface area (Å²) in [5.41, 5.74) is -2.10. The summed E-state index contributed by atoms with van der Waals surface area (Å²) in [5, 5.41) is 2.03. The Morgan fingerprint density at radius 1 is 1.04 bits per heavy atom. The van der Waals surface area contributed by atoms with Gasteiger partial charge in [-0.1, -0.05) is 12.1 Å². The van der Waals surface area contributed by atoms with Crippen LogP contribution in [0.5, 0.6) is 5.75 Å². The number of nitrogens with one attached hydrogen (secondary N) is 1. The van der Waals surface area contributed by atoms with Gasteiger partial charge in [-0.05, 0) is 24.3 Å². The highest BCUT2D eigenvalue weighted by atomic mass is 19.4. The van der Waals surface area contributed by atoms with E-state index in [-0.39, 0.29) is 0 Å². The second-order valence-electron chi connectivity index (χ2n) is 4.76. The third-order valence-corrected chi connectivity index (χ3v) is 2.91. The van der Waals surface area contributed by atoms with Crippen molar-refractivity contribution in [3.63, 3.8) is 0 Å². The molecule has 0 aliphatic rings. The number of amides is 1. The molecule has 25 heavy (non-hydrogen) atoms. The van der Waals surface area contributed by atoms with E-state index in [1.807, 2.05) is 5.32 Å². The van der Waals surface area contributed by atoms with Gasteiger partial charge >= 0.3 is 12.4 Å². The quantitative estimate of drug-likeness (QED) is 0.830. The molecule has 0 aliphatic carbocycles. The third-order valence-electron chi connectivity index (χ3n) is 2.91. The molecule has 0 spiro atoms. The first-order valence-electron chi connectivity index (χ1n) is 6.69. The van der Waals surface area contributed by atoms with Crippen LogP contribution in [0.1, 0.15) is 11.1 Å². The number of alkyl halides is 6. The highest BCUT2D eigenvalue weighted by Crippen LogP contribution is 2.35. The van der Waals surface area contributed by atoms with E-state index in [0.717, 1.165) is 24.4 Å². The SMILES string of the molecule is O=C(COc1ccccc1C(F)(F)F)Nc1cc(C(F)(F)F)ccn1. The first-order chi connectivity index (χ1) is 11.6. The summed E-state index contributed by atoms with van der Waals surface area (Å²) in [4.78, 5) is 15.2. The molecular formula is C15H10F6N2O2. The van der Waals surface area contributed by atoms with Crippen molar-refractivity contribution in [1.29, 1.82) is 0 Å². The maximum Gasteiger partial charge on any atom is 0.419 e. The molecule has 10 heteroatoms. The second-order valence-corrected chi connectivity index (χ2v) is 4.76. The van der Waals surface area contributed by atoms with Crippen molar-refractivity contribution in [2.24, 2.45) is 0 Å². The Labute approximate surface area is 137 Å². The van der Waals surface area contributed by atoms with Gasteiger partial charge in [-0.3, -0.25) is 4.79 Å². The molecule has 2 rings (SSSR count). The highest BCUT2D eigenvalue weighted by molar-refractivity contribution is 5.91. The number of ether oxygens (including phenoxy) is 1. The molecule has 0 bridgehead atoms. The monoisotopic (exact) mass is 364 g/mol. The lowest BCUT2D eigenvalue weighted by Gasteiger charge is -2.13. The Bertz CT molecular complexity index is 758. The first kappa shape index (κ1) is 18.6. The van der Waals surface area contributed by atoms with Crippen LogP contribution in [-0.4, -0.2) is 17.5 Å². The Morgan fingerprint density at radius 3 is 2.36 bits per heavy atom. The zero-order valence-corrected chi connectivity index (χ0v) is 12.3.